The third-order valence-corrected chi connectivity index (χ3v) is 2.25. The maximum absolute atomic E-state index is 13.1. The molecular formula is C14H17FN2O4. The number of nitro benzene ring substituents is 1. The lowest BCUT2D eigenvalue weighted by Crippen LogP contribution is -2.32. The molecule has 0 radical (unpaired) electrons. The van der Waals surface area contributed by atoms with Crippen molar-refractivity contribution in [3.8, 4) is 0 Å². The summed E-state index contributed by atoms with van der Waals surface area (Å²) in [5.41, 5.74) is -0.675. The van der Waals surface area contributed by atoms with Crippen LogP contribution in [0, 0.1) is 15.9 Å². The third kappa shape index (κ3) is 6.03. The van der Waals surface area contributed by atoms with Crippen molar-refractivity contribution in [1.29, 1.82) is 0 Å². The first-order valence-electron chi connectivity index (χ1n) is 6.26. The van der Waals surface area contributed by atoms with Gasteiger partial charge in [0, 0.05) is 12.6 Å². The van der Waals surface area contributed by atoms with Gasteiger partial charge in [0.25, 0.3) is 5.69 Å². The number of rotatable bonds is 4. The van der Waals surface area contributed by atoms with Crippen molar-refractivity contribution in [3.05, 3.63) is 45.8 Å². The number of nitrogens with one attached hydrogen (secondary N) is 1. The zero-order valence-electron chi connectivity index (χ0n) is 12.1. The van der Waals surface area contributed by atoms with Gasteiger partial charge in [0.2, 0.25) is 0 Å². The molecule has 0 bridgehead atoms. The average molecular weight is 296 g/mol. The molecule has 0 unspecified atom stereocenters. The number of ether oxygens (including phenoxy) is 1. The van der Waals surface area contributed by atoms with Gasteiger partial charge in [0.15, 0.2) is 0 Å². The summed E-state index contributed by atoms with van der Waals surface area (Å²) in [5.74, 6) is -0.569. The van der Waals surface area contributed by atoms with Crippen LogP contribution in [0.5, 0.6) is 0 Å². The van der Waals surface area contributed by atoms with Crippen molar-refractivity contribution in [2.45, 2.75) is 26.4 Å². The van der Waals surface area contributed by atoms with Crippen LogP contribution in [0.3, 0.4) is 0 Å². The Bertz CT molecular complexity index is 565. The number of nitrogens with zero attached hydrogens (tertiary/aromatic N) is 1. The molecule has 7 heteroatoms. The molecule has 0 aromatic heterocycles. The molecular weight excluding hydrogens is 279 g/mol. The molecule has 21 heavy (non-hydrogen) atoms. The fourth-order valence-electron chi connectivity index (χ4n) is 1.47. The Morgan fingerprint density at radius 3 is 2.71 bits per heavy atom. The van der Waals surface area contributed by atoms with Gasteiger partial charge < -0.3 is 10.1 Å². The SMILES string of the molecule is CC(C)(C)OC(=O)NCC=Cc1cc(F)ccc1[N+](=O)[O-]. The molecule has 0 saturated heterocycles. The normalized spacial score (nSPS) is 11.4. The molecule has 1 amide bonds. The molecule has 1 N–H and O–H groups in total. The predicted octanol–water partition coefficient (Wildman–Crippen LogP) is 3.27. The number of carbonyl (C=O) groups excluding carboxylic acids is 1. The first-order chi connectivity index (χ1) is 9.69. The van der Waals surface area contributed by atoms with E-state index in [1.54, 1.807) is 20.8 Å². The van der Waals surface area contributed by atoms with Gasteiger partial charge in [-0.15, -0.1) is 0 Å². The van der Waals surface area contributed by atoms with Gasteiger partial charge in [-0.3, -0.25) is 10.1 Å². The van der Waals surface area contributed by atoms with E-state index >= 15 is 0 Å². The van der Waals surface area contributed by atoms with E-state index in [-0.39, 0.29) is 17.8 Å². The summed E-state index contributed by atoms with van der Waals surface area (Å²) in [6.07, 6.45) is 2.26. The second kappa shape index (κ2) is 6.83. The lowest BCUT2D eigenvalue weighted by molar-refractivity contribution is -0.385. The molecule has 0 fully saturated rings. The highest BCUT2D eigenvalue weighted by Crippen LogP contribution is 2.20. The smallest absolute Gasteiger partial charge is 0.407 e. The zero-order valence-corrected chi connectivity index (χ0v) is 12.1. The molecule has 114 valence electrons. The Balaban J connectivity index is 2.64. The highest BCUT2D eigenvalue weighted by molar-refractivity contribution is 5.68. The Morgan fingerprint density at radius 2 is 2.14 bits per heavy atom. The van der Waals surface area contributed by atoms with E-state index in [1.165, 1.54) is 12.2 Å². The number of benzene rings is 1. The van der Waals surface area contributed by atoms with Crippen molar-refractivity contribution in [3.63, 3.8) is 0 Å². The largest absolute Gasteiger partial charge is 0.444 e. The fraction of sp³-hybridized carbons (Fsp3) is 0.357. The molecule has 1 aromatic carbocycles. The van der Waals surface area contributed by atoms with Crippen molar-refractivity contribution in [2.24, 2.45) is 0 Å². The van der Waals surface area contributed by atoms with Crippen LogP contribution in [0.2, 0.25) is 0 Å². The number of carbonyl (C=O) groups is 1. The van der Waals surface area contributed by atoms with E-state index in [9.17, 15) is 19.3 Å². The number of hydrogen-bond acceptors (Lipinski definition) is 4. The van der Waals surface area contributed by atoms with Crippen LogP contribution < -0.4 is 5.32 Å². The summed E-state index contributed by atoms with van der Waals surface area (Å²) in [7, 11) is 0. The number of nitro groups is 1. The van der Waals surface area contributed by atoms with Crippen LogP contribution in [0.4, 0.5) is 14.9 Å². The lowest BCUT2D eigenvalue weighted by Gasteiger charge is -2.19. The second-order valence-electron chi connectivity index (χ2n) is 5.25. The minimum atomic E-state index is -0.602. The van der Waals surface area contributed by atoms with E-state index in [0.29, 0.717) is 0 Å². The first-order valence-corrected chi connectivity index (χ1v) is 6.26. The Hall–Kier alpha value is -2.44. The molecule has 0 heterocycles. The maximum Gasteiger partial charge on any atom is 0.407 e. The summed E-state index contributed by atoms with van der Waals surface area (Å²) >= 11 is 0. The summed E-state index contributed by atoms with van der Waals surface area (Å²) in [5, 5.41) is 13.3. The average Bonchev–Trinajstić information content (AvgIpc) is 2.32. The van der Waals surface area contributed by atoms with Gasteiger partial charge in [-0.05, 0) is 32.9 Å². The molecule has 0 spiro atoms. The summed E-state index contributed by atoms with van der Waals surface area (Å²) in [6, 6.07) is 3.17. The van der Waals surface area contributed by atoms with Gasteiger partial charge in [-0.25, -0.2) is 9.18 Å². The van der Waals surface area contributed by atoms with Crippen LogP contribution >= 0.6 is 0 Å². The molecule has 0 aliphatic heterocycles. The van der Waals surface area contributed by atoms with Gasteiger partial charge >= 0.3 is 6.09 Å². The first kappa shape index (κ1) is 16.6. The molecule has 0 aliphatic carbocycles. The van der Waals surface area contributed by atoms with Gasteiger partial charge in [-0.2, -0.15) is 0 Å². The number of alkyl carbamates (subject to hydrolysis) is 1. The Morgan fingerprint density at radius 1 is 1.48 bits per heavy atom. The molecule has 1 aromatic rings. The lowest BCUT2D eigenvalue weighted by atomic mass is 10.1. The molecule has 1 rings (SSSR count). The molecule has 6 nitrogen and oxygen atoms in total. The third-order valence-electron chi connectivity index (χ3n) is 2.25. The molecule has 0 atom stereocenters. The summed E-state index contributed by atoms with van der Waals surface area (Å²) in [4.78, 5) is 21.6. The van der Waals surface area contributed by atoms with Crippen LogP contribution in [0.1, 0.15) is 26.3 Å². The van der Waals surface area contributed by atoms with E-state index < -0.39 is 22.4 Å². The van der Waals surface area contributed by atoms with E-state index in [4.69, 9.17) is 4.74 Å². The minimum Gasteiger partial charge on any atom is -0.444 e. The predicted molar refractivity (Wildman–Crippen MR) is 76.3 cm³/mol. The van der Waals surface area contributed by atoms with E-state index in [0.717, 1.165) is 18.2 Å². The number of halogens is 1. The van der Waals surface area contributed by atoms with E-state index in [1.807, 2.05) is 0 Å². The Labute approximate surface area is 121 Å². The molecule has 0 saturated carbocycles. The van der Waals surface area contributed by atoms with Crippen LogP contribution in [-0.4, -0.2) is 23.2 Å². The summed E-state index contributed by atoms with van der Waals surface area (Å²) < 4.78 is 18.1. The van der Waals surface area contributed by atoms with E-state index in [2.05, 4.69) is 5.32 Å². The highest BCUT2D eigenvalue weighted by Gasteiger charge is 2.15. The van der Waals surface area contributed by atoms with Crippen molar-refractivity contribution in [2.75, 3.05) is 6.54 Å². The number of hydrogen-bond donors (Lipinski definition) is 1. The topological polar surface area (TPSA) is 81.5 Å². The second-order valence-corrected chi connectivity index (χ2v) is 5.25. The zero-order chi connectivity index (χ0) is 16.0. The fourth-order valence-corrected chi connectivity index (χ4v) is 1.47. The van der Waals surface area contributed by atoms with Crippen molar-refractivity contribution in [1.82, 2.24) is 5.32 Å². The maximum atomic E-state index is 13.1. The standard InChI is InChI=1S/C14H17FN2O4/c1-14(2,3)21-13(18)16-8-4-5-10-9-11(15)6-7-12(10)17(19)20/h4-7,9H,8H2,1-3H3,(H,16,18). The van der Waals surface area contributed by atoms with Gasteiger partial charge in [0.1, 0.15) is 11.4 Å². The summed E-state index contributed by atoms with van der Waals surface area (Å²) in [6.45, 7) is 5.32. The van der Waals surface area contributed by atoms with Crippen molar-refractivity contribution >= 4 is 17.9 Å². The molecule has 0 aliphatic rings. The monoisotopic (exact) mass is 296 g/mol. The van der Waals surface area contributed by atoms with Gasteiger partial charge in [0.05, 0.1) is 10.5 Å². The van der Waals surface area contributed by atoms with Gasteiger partial charge in [-0.1, -0.05) is 12.2 Å². The van der Waals surface area contributed by atoms with Crippen LogP contribution in [-0.2, 0) is 4.74 Å². The minimum absolute atomic E-state index is 0.114. The number of amides is 1. The van der Waals surface area contributed by atoms with Crippen LogP contribution in [0.15, 0.2) is 24.3 Å². The highest BCUT2D eigenvalue weighted by atomic mass is 19.1. The quantitative estimate of drug-likeness (QED) is 0.683. The van der Waals surface area contributed by atoms with Crippen molar-refractivity contribution < 1.29 is 18.8 Å². The Kier molecular flexibility index (Phi) is 5.40. The van der Waals surface area contributed by atoms with Crippen LogP contribution in [0.25, 0.3) is 6.08 Å².